The fraction of sp³-hybridized carbons (Fsp3) is 0.545. The zero-order chi connectivity index (χ0) is 19.5. The van der Waals surface area contributed by atoms with Crippen LogP contribution in [0.1, 0.15) is 56.9 Å². The summed E-state index contributed by atoms with van der Waals surface area (Å²) >= 11 is 1.65. The summed E-state index contributed by atoms with van der Waals surface area (Å²) in [5, 5.41) is 10.8. The van der Waals surface area contributed by atoms with Crippen LogP contribution in [-0.2, 0) is 4.79 Å². The first kappa shape index (κ1) is 19.4. The first-order valence-electron chi connectivity index (χ1n) is 10.3. The minimum Gasteiger partial charge on any atom is -0.494 e. The Labute approximate surface area is 171 Å². The van der Waals surface area contributed by atoms with Gasteiger partial charge >= 0.3 is 0 Å². The molecule has 3 aliphatic rings. The Hall–Kier alpha value is -1.97. The number of carbonyl (C=O) groups excluding carboxylic acids is 1. The topological polar surface area (TPSA) is 56.6 Å². The Balaban J connectivity index is 1.63. The monoisotopic (exact) mass is 397 g/mol. The van der Waals surface area contributed by atoms with Crippen molar-refractivity contribution in [3.63, 3.8) is 0 Å². The highest BCUT2D eigenvalue weighted by atomic mass is 32.2. The highest BCUT2D eigenvalue weighted by molar-refractivity contribution is 8.03. The van der Waals surface area contributed by atoms with Crippen LogP contribution in [0.4, 0.5) is 0 Å². The number of rotatable bonds is 4. The van der Waals surface area contributed by atoms with Gasteiger partial charge in [-0.25, -0.2) is 0 Å². The molecule has 4 rings (SSSR count). The molecule has 6 heteroatoms. The number of benzene rings is 1. The van der Waals surface area contributed by atoms with E-state index >= 15 is 0 Å². The second-order valence-electron chi connectivity index (χ2n) is 7.68. The van der Waals surface area contributed by atoms with E-state index in [9.17, 15) is 10.1 Å². The van der Waals surface area contributed by atoms with E-state index < -0.39 is 0 Å². The van der Waals surface area contributed by atoms with E-state index in [1.165, 1.54) is 32.1 Å². The quantitative estimate of drug-likeness (QED) is 0.752. The number of hydrogen-bond acceptors (Lipinski definition) is 5. The molecule has 28 heavy (non-hydrogen) atoms. The molecule has 1 amide bonds. The number of ether oxygens (including phenoxy) is 1. The molecule has 1 saturated carbocycles. The van der Waals surface area contributed by atoms with Crippen LogP contribution >= 0.6 is 11.8 Å². The molecule has 2 fully saturated rings. The summed E-state index contributed by atoms with van der Waals surface area (Å²) in [5.74, 6) is 1.52. The zero-order valence-electron chi connectivity index (χ0n) is 16.4. The van der Waals surface area contributed by atoms with Crippen LogP contribution < -0.4 is 4.74 Å². The minimum atomic E-state index is -0.222. The van der Waals surface area contributed by atoms with E-state index in [4.69, 9.17) is 4.74 Å². The predicted octanol–water partition coefficient (Wildman–Crippen LogP) is 4.43. The van der Waals surface area contributed by atoms with Crippen molar-refractivity contribution in [3.8, 4) is 11.8 Å². The van der Waals surface area contributed by atoms with Gasteiger partial charge in [0.1, 0.15) is 5.75 Å². The maximum absolute atomic E-state index is 13.1. The summed E-state index contributed by atoms with van der Waals surface area (Å²) in [4.78, 5) is 17.3. The van der Waals surface area contributed by atoms with Gasteiger partial charge in [0, 0.05) is 23.9 Å². The molecule has 0 N–H and O–H groups in total. The molecule has 1 aromatic rings. The Morgan fingerprint density at radius 2 is 2.04 bits per heavy atom. The molecule has 0 unspecified atom stereocenters. The van der Waals surface area contributed by atoms with Crippen LogP contribution in [0.2, 0.25) is 0 Å². The number of thioether (sulfide) groups is 1. The summed E-state index contributed by atoms with van der Waals surface area (Å²) < 4.78 is 5.78. The Morgan fingerprint density at radius 1 is 1.25 bits per heavy atom. The average Bonchev–Trinajstić information content (AvgIpc) is 2.75. The molecule has 5 nitrogen and oxygen atoms in total. The Bertz CT molecular complexity index is 810. The summed E-state index contributed by atoms with van der Waals surface area (Å²) in [5.41, 5.74) is 1.65. The van der Waals surface area contributed by atoms with Crippen molar-refractivity contribution in [2.75, 3.05) is 19.2 Å². The van der Waals surface area contributed by atoms with Crippen LogP contribution in [0.5, 0.6) is 5.75 Å². The molecular weight excluding hydrogens is 370 g/mol. The van der Waals surface area contributed by atoms with Gasteiger partial charge in [0.25, 0.3) is 0 Å². The van der Waals surface area contributed by atoms with Crippen molar-refractivity contribution in [1.82, 2.24) is 9.80 Å². The lowest BCUT2D eigenvalue weighted by molar-refractivity contribution is -0.132. The SMILES string of the molecule is CCOc1ccccc1[C@@H]1CC(=O)N2CN(C3CCCCC3)CSC2=C1C#N. The molecule has 0 spiro atoms. The highest BCUT2D eigenvalue weighted by Gasteiger charge is 2.40. The fourth-order valence-electron chi connectivity index (χ4n) is 4.57. The summed E-state index contributed by atoms with van der Waals surface area (Å²) in [6.45, 7) is 3.13. The maximum Gasteiger partial charge on any atom is 0.229 e. The van der Waals surface area contributed by atoms with Gasteiger partial charge in [-0.3, -0.25) is 14.6 Å². The standard InChI is InChI=1S/C22H27N3O2S/c1-2-27-20-11-7-6-10-17(20)18-12-21(26)25-14-24(16-8-4-3-5-9-16)15-28-22(25)19(18)13-23/h6-7,10-11,16,18H,2-5,8-9,12,14-15H2,1H3/t18-/m0/s1. The van der Waals surface area contributed by atoms with Crippen LogP contribution in [0.25, 0.3) is 0 Å². The molecule has 1 atom stereocenters. The highest BCUT2D eigenvalue weighted by Crippen LogP contribution is 2.45. The minimum absolute atomic E-state index is 0.110. The number of allylic oxidation sites excluding steroid dienone is 1. The smallest absolute Gasteiger partial charge is 0.229 e. The van der Waals surface area contributed by atoms with E-state index in [2.05, 4.69) is 11.0 Å². The molecule has 0 aromatic heterocycles. The molecule has 2 aliphatic heterocycles. The van der Waals surface area contributed by atoms with E-state index in [1.807, 2.05) is 36.1 Å². The van der Waals surface area contributed by atoms with E-state index in [0.717, 1.165) is 22.2 Å². The van der Waals surface area contributed by atoms with Crippen LogP contribution in [0.3, 0.4) is 0 Å². The molecule has 2 heterocycles. The van der Waals surface area contributed by atoms with Gasteiger partial charge < -0.3 is 4.74 Å². The molecular formula is C22H27N3O2S. The fourth-order valence-corrected chi connectivity index (χ4v) is 5.81. The number of nitriles is 1. The second kappa shape index (κ2) is 8.59. The third-order valence-electron chi connectivity index (χ3n) is 6.00. The lowest BCUT2D eigenvalue weighted by Gasteiger charge is -2.44. The summed E-state index contributed by atoms with van der Waals surface area (Å²) in [6, 6.07) is 10.8. The van der Waals surface area contributed by atoms with Gasteiger partial charge in [0.05, 0.1) is 35.8 Å². The molecule has 0 bridgehead atoms. The average molecular weight is 398 g/mol. The van der Waals surface area contributed by atoms with E-state index in [1.54, 1.807) is 11.8 Å². The Morgan fingerprint density at radius 3 is 2.79 bits per heavy atom. The van der Waals surface area contributed by atoms with Crippen molar-refractivity contribution in [3.05, 3.63) is 40.4 Å². The van der Waals surface area contributed by atoms with Crippen molar-refractivity contribution in [2.45, 2.75) is 57.4 Å². The van der Waals surface area contributed by atoms with Crippen LogP contribution in [0.15, 0.2) is 34.9 Å². The summed E-state index contributed by atoms with van der Waals surface area (Å²) in [6.07, 6.45) is 6.65. The molecule has 1 saturated heterocycles. The van der Waals surface area contributed by atoms with Crippen molar-refractivity contribution in [2.24, 2.45) is 0 Å². The van der Waals surface area contributed by atoms with Crippen molar-refractivity contribution < 1.29 is 9.53 Å². The van der Waals surface area contributed by atoms with E-state index in [-0.39, 0.29) is 11.8 Å². The van der Waals surface area contributed by atoms with Gasteiger partial charge in [-0.1, -0.05) is 49.2 Å². The van der Waals surface area contributed by atoms with E-state index in [0.29, 0.717) is 31.3 Å². The zero-order valence-corrected chi connectivity index (χ0v) is 17.2. The lowest BCUT2D eigenvalue weighted by atomic mass is 9.86. The third kappa shape index (κ3) is 3.66. The number of nitrogens with zero attached hydrogens (tertiary/aromatic N) is 3. The first-order chi connectivity index (χ1) is 13.7. The number of para-hydroxylation sites is 1. The van der Waals surface area contributed by atoms with Gasteiger partial charge in [-0.2, -0.15) is 5.26 Å². The normalized spacial score (nSPS) is 24.1. The summed E-state index contributed by atoms with van der Waals surface area (Å²) in [7, 11) is 0. The number of carbonyl (C=O) groups is 1. The third-order valence-corrected chi connectivity index (χ3v) is 7.17. The second-order valence-corrected chi connectivity index (χ2v) is 8.61. The van der Waals surface area contributed by atoms with Gasteiger partial charge in [0.2, 0.25) is 5.91 Å². The van der Waals surface area contributed by atoms with Gasteiger partial charge in [-0.05, 0) is 25.8 Å². The van der Waals surface area contributed by atoms with Crippen LogP contribution in [-0.4, -0.2) is 40.9 Å². The Kier molecular flexibility index (Phi) is 5.93. The molecule has 0 radical (unpaired) electrons. The van der Waals surface area contributed by atoms with Crippen LogP contribution in [0, 0.1) is 11.3 Å². The number of fused-ring (bicyclic) bond motifs is 1. The van der Waals surface area contributed by atoms with Crippen molar-refractivity contribution >= 4 is 17.7 Å². The molecule has 1 aliphatic carbocycles. The molecule has 1 aromatic carbocycles. The van der Waals surface area contributed by atoms with Gasteiger partial charge in [0.15, 0.2) is 0 Å². The largest absolute Gasteiger partial charge is 0.494 e. The maximum atomic E-state index is 13.1. The molecule has 148 valence electrons. The van der Waals surface area contributed by atoms with Crippen molar-refractivity contribution in [1.29, 1.82) is 5.26 Å². The number of hydrogen-bond donors (Lipinski definition) is 0. The predicted molar refractivity (Wildman–Crippen MR) is 110 cm³/mol. The first-order valence-corrected chi connectivity index (χ1v) is 11.2. The lowest BCUT2D eigenvalue weighted by Crippen LogP contribution is -2.51. The number of amides is 1. The van der Waals surface area contributed by atoms with Gasteiger partial charge in [-0.15, -0.1) is 0 Å².